The quantitative estimate of drug-likeness (QED) is 0.694. The smallest absolute Gasteiger partial charge is 0.169 e. The summed E-state index contributed by atoms with van der Waals surface area (Å²) in [6, 6.07) is 7.78. The lowest BCUT2D eigenvalue weighted by molar-refractivity contribution is -0.136. The van der Waals surface area contributed by atoms with Crippen LogP contribution in [0.25, 0.3) is 0 Å². The van der Waals surface area contributed by atoms with E-state index >= 15 is 0 Å². The number of carbonyl (C=O) groups is 1. The fraction of sp³-hybridized carbons (Fsp3) is 0.462. The second-order valence-electron chi connectivity index (χ2n) is 4.84. The van der Waals surface area contributed by atoms with Gasteiger partial charge in [0.1, 0.15) is 0 Å². The van der Waals surface area contributed by atoms with Crippen molar-refractivity contribution < 1.29 is 9.90 Å². The van der Waals surface area contributed by atoms with Crippen LogP contribution in [0.2, 0.25) is 0 Å². The van der Waals surface area contributed by atoms with Gasteiger partial charge in [0.05, 0.1) is 0 Å². The summed E-state index contributed by atoms with van der Waals surface area (Å²) in [6.07, 6.45) is 1.37. The number of hydrogen-bond acceptors (Lipinski definition) is 2. The molecule has 0 aromatic heterocycles. The average Bonchev–Trinajstić information content (AvgIpc) is 2.64. The number of hydrogen-bond donors (Lipinski definition) is 1. The summed E-state index contributed by atoms with van der Waals surface area (Å²) < 4.78 is 0. The van der Waals surface area contributed by atoms with E-state index in [1.165, 1.54) is 0 Å². The molecule has 2 heteroatoms. The average molecular weight is 202 g/mol. The number of Topliss-reactive ketones (excluding diaryl/α,β-unsaturated/α-hetero) is 1. The molecule has 1 aromatic carbocycles. The summed E-state index contributed by atoms with van der Waals surface area (Å²) in [4.78, 5) is 11.9. The first-order valence-corrected chi connectivity index (χ1v) is 5.48. The molecule has 1 N–H and O–H groups in total. The number of fused-ring (bicyclic) bond motifs is 3. The zero-order valence-electron chi connectivity index (χ0n) is 8.73. The molecular weight excluding hydrogens is 188 g/mol. The summed E-state index contributed by atoms with van der Waals surface area (Å²) in [5.74, 6) is 0.405. The van der Waals surface area contributed by atoms with E-state index in [1.54, 1.807) is 0 Å². The summed E-state index contributed by atoms with van der Waals surface area (Å²) >= 11 is 0. The van der Waals surface area contributed by atoms with Crippen molar-refractivity contribution in [3.8, 4) is 0 Å². The van der Waals surface area contributed by atoms with Crippen LogP contribution in [0.15, 0.2) is 24.3 Å². The highest BCUT2D eigenvalue weighted by Gasteiger charge is 2.57. The molecule has 15 heavy (non-hydrogen) atoms. The molecule has 1 unspecified atom stereocenters. The molecule has 2 aliphatic rings. The van der Waals surface area contributed by atoms with Crippen molar-refractivity contribution in [1.29, 1.82) is 0 Å². The Hall–Kier alpha value is -1.15. The molecule has 2 aliphatic carbocycles. The third-order valence-corrected chi connectivity index (χ3v) is 4.02. The van der Waals surface area contributed by atoms with Crippen LogP contribution in [-0.4, -0.2) is 10.9 Å². The zero-order valence-corrected chi connectivity index (χ0v) is 8.73. The van der Waals surface area contributed by atoms with E-state index < -0.39 is 5.60 Å². The van der Waals surface area contributed by atoms with Crippen molar-refractivity contribution in [2.45, 2.75) is 25.4 Å². The number of aliphatic hydroxyl groups is 1. The van der Waals surface area contributed by atoms with Crippen LogP contribution in [0.3, 0.4) is 0 Å². The third-order valence-electron chi connectivity index (χ3n) is 4.02. The zero-order chi connectivity index (χ0) is 10.6. The minimum Gasteiger partial charge on any atom is -0.377 e. The number of rotatable bonds is 0. The third kappa shape index (κ3) is 0.953. The van der Waals surface area contributed by atoms with Crippen molar-refractivity contribution >= 4 is 5.78 Å². The molecule has 0 radical (unpaired) electrons. The Balaban J connectivity index is 2.21. The second kappa shape index (κ2) is 2.70. The van der Waals surface area contributed by atoms with E-state index in [1.807, 2.05) is 24.3 Å². The predicted molar refractivity (Wildman–Crippen MR) is 56.3 cm³/mol. The predicted octanol–water partition coefficient (Wildman–Crippen LogP) is 1.66. The van der Waals surface area contributed by atoms with Gasteiger partial charge < -0.3 is 5.11 Å². The highest BCUT2D eigenvalue weighted by Crippen LogP contribution is 2.51. The molecule has 78 valence electrons. The van der Waals surface area contributed by atoms with Gasteiger partial charge in [0, 0.05) is 12.3 Å². The molecule has 3 atom stereocenters. The van der Waals surface area contributed by atoms with Crippen molar-refractivity contribution in [2.24, 2.45) is 11.8 Å². The minimum atomic E-state index is -1.17. The van der Waals surface area contributed by atoms with Gasteiger partial charge in [-0.15, -0.1) is 0 Å². The molecule has 1 aromatic rings. The van der Waals surface area contributed by atoms with Crippen LogP contribution in [-0.2, 0) is 16.8 Å². The van der Waals surface area contributed by atoms with Gasteiger partial charge in [0.15, 0.2) is 11.4 Å². The van der Waals surface area contributed by atoms with Crippen LogP contribution < -0.4 is 0 Å². The van der Waals surface area contributed by atoms with Crippen molar-refractivity contribution in [3.63, 3.8) is 0 Å². The Labute approximate surface area is 88.9 Å². The largest absolute Gasteiger partial charge is 0.377 e. The summed E-state index contributed by atoms with van der Waals surface area (Å²) in [5.41, 5.74) is 0.824. The van der Waals surface area contributed by atoms with E-state index in [0.717, 1.165) is 17.5 Å². The molecule has 0 heterocycles. The summed E-state index contributed by atoms with van der Waals surface area (Å²) in [7, 11) is 0. The van der Waals surface area contributed by atoms with Gasteiger partial charge in [0.25, 0.3) is 0 Å². The Bertz CT molecular complexity index is 438. The van der Waals surface area contributed by atoms with Crippen molar-refractivity contribution in [3.05, 3.63) is 35.4 Å². The van der Waals surface area contributed by atoms with E-state index in [-0.39, 0.29) is 11.7 Å². The van der Waals surface area contributed by atoms with Crippen molar-refractivity contribution in [1.82, 2.24) is 0 Å². The van der Waals surface area contributed by atoms with Crippen LogP contribution in [0.5, 0.6) is 0 Å². The maximum absolute atomic E-state index is 11.9. The molecule has 3 rings (SSSR count). The van der Waals surface area contributed by atoms with E-state index in [0.29, 0.717) is 12.3 Å². The van der Waals surface area contributed by atoms with E-state index in [9.17, 15) is 9.90 Å². The molecule has 1 fully saturated rings. The first-order valence-electron chi connectivity index (χ1n) is 5.48. The first kappa shape index (κ1) is 9.10. The van der Waals surface area contributed by atoms with Gasteiger partial charge in [-0.05, 0) is 23.5 Å². The summed E-state index contributed by atoms with van der Waals surface area (Å²) in [5, 5.41) is 10.6. The topological polar surface area (TPSA) is 37.3 Å². The Morgan fingerprint density at radius 1 is 1.33 bits per heavy atom. The molecule has 0 aliphatic heterocycles. The van der Waals surface area contributed by atoms with Crippen molar-refractivity contribution in [2.75, 3.05) is 0 Å². The second-order valence-corrected chi connectivity index (χ2v) is 4.84. The first-order chi connectivity index (χ1) is 7.14. The fourth-order valence-electron chi connectivity index (χ4n) is 3.21. The van der Waals surface area contributed by atoms with Crippen LogP contribution >= 0.6 is 0 Å². The van der Waals surface area contributed by atoms with Crippen LogP contribution in [0.1, 0.15) is 24.5 Å². The highest BCUT2D eigenvalue weighted by atomic mass is 16.3. The van der Waals surface area contributed by atoms with Crippen LogP contribution in [0.4, 0.5) is 0 Å². The van der Waals surface area contributed by atoms with Gasteiger partial charge in [-0.1, -0.05) is 31.2 Å². The standard InChI is InChI=1S/C13H14O2/c1-8-6-12(14)13(15)10-5-3-2-4-9(10)7-11(8)13/h2-5,8,11,15H,6-7H2,1H3/t8?,11-,13+/m0/s1. The molecule has 2 nitrogen and oxygen atoms in total. The summed E-state index contributed by atoms with van der Waals surface area (Å²) in [6.45, 7) is 2.06. The fourth-order valence-corrected chi connectivity index (χ4v) is 3.21. The van der Waals surface area contributed by atoms with Gasteiger partial charge >= 0.3 is 0 Å². The Kier molecular flexibility index (Phi) is 1.64. The lowest BCUT2D eigenvalue weighted by Crippen LogP contribution is -2.34. The Morgan fingerprint density at radius 3 is 2.87 bits per heavy atom. The highest BCUT2D eigenvalue weighted by molar-refractivity contribution is 5.92. The van der Waals surface area contributed by atoms with Gasteiger partial charge in [-0.3, -0.25) is 4.79 Å². The normalized spacial score (nSPS) is 37.9. The monoisotopic (exact) mass is 202 g/mol. The molecule has 1 saturated carbocycles. The number of carbonyl (C=O) groups excluding carboxylic acids is 1. The molecule has 0 saturated heterocycles. The number of ketones is 1. The lowest BCUT2D eigenvalue weighted by atomic mass is 9.87. The van der Waals surface area contributed by atoms with Gasteiger partial charge in [-0.25, -0.2) is 0 Å². The maximum atomic E-state index is 11.9. The SMILES string of the molecule is CC1CC(=O)[C@@]2(O)c3ccccc3C[C@@H]12. The van der Waals surface area contributed by atoms with E-state index in [4.69, 9.17) is 0 Å². The van der Waals surface area contributed by atoms with E-state index in [2.05, 4.69) is 6.92 Å². The maximum Gasteiger partial charge on any atom is 0.169 e. The molecule has 0 amide bonds. The van der Waals surface area contributed by atoms with Crippen LogP contribution in [0, 0.1) is 11.8 Å². The molecule has 0 bridgehead atoms. The Morgan fingerprint density at radius 2 is 2.07 bits per heavy atom. The van der Waals surface area contributed by atoms with Gasteiger partial charge in [-0.2, -0.15) is 0 Å². The van der Waals surface area contributed by atoms with Gasteiger partial charge in [0.2, 0.25) is 0 Å². The molecular formula is C13H14O2. The molecule has 0 spiro atoms. The minimum absolute atomic E-state index is 0.00458. The number of benzene rings is 1. The lowest BCUT2D eigenvalue weighted by Gasteiger charge is -2.23.